The topological polar surface area (TPSA) is 31.4 Å². The van der Waals surface area contributed by atoms with Gasteiger partial charge in [0.25, 0.3) is 0 Å². The minimum absolute atomic E-state index is 0.410. The van der Waals surface area contributed by atoms with Gasteiger partial charge in [0, 0.05) is 31.9 Å². The number of rotatable bonds is 2. The molecule has 1 aromatic rings. The van der Waals surface area contributed by atoms with Crippen molar-refractivity contribution >= 4 is 11.5 Å². The van der Waals surface area contributed by atoms with Crippen molar-refractivity contribution in [1.29, 1.82) is 0 Å². The Balaban J connectivity index is 1.58. The predicted octanol–water partition coefficient (Wildman–Crippen LogP) is 2.24. The van der Waals surface area contributed by atoms with Crippen LogP contribution in [0.4, 0.5) is 11.5 Å². The third-order valence-electron chi connectivity index (χ3n) is 4.67. The van der Waals surface area contributed by atoms with Crippen molar-refractivity contribution in [3.8, 4) is 0 Å². The molecule has 1 atom stereocenters. The molecule has 1 saturated carbocycles. The molecule has 3 aliphatic rings. The van der Waals surface area contributed by atoms with Crippen LogP contribution in [0, 0.1) is 0 Å². The zero-order chi connectivity index (χ0) is 13.0. The van der Waals surface area contributed by atoms with Gasteiger partial charge in [-0.2, -0.15) is 0 Å². The molecule has 1 N–H and O–H groups in total. The summed E-state index contributed by atoms with van der Waals surface area (Å²) < 4.78 is 0. The summed E-state index contributed by atoms with van der Waals surface area (Å²) in [6.07, 6.45) is 5.19. The van der Waals surface area contributed by atoms with Gasteiger partial charge in [-0.1, -0.05) is 0 Å². The number of nitrogens with one attached hydrogen (secondary N) is 1. The van der Waals surface area contributed by atoms with E-state index in [4.69, 9.17) is 4.98 Å². The van der Waals surface area contributed by atoms with Gasteiger partial charge in [0.05, 0.1) is 5.69 Å². The highest BCUT2D eigenvalue weighted by molar-refractivity contribution is 5.73. The molecule has 3 heterocycles. The third kappa shape index (κ3) is 1.89. The Bertz CT molecular complexity index is 495. The quantitative estimate of drug-likeness (QED) is 0.881. The Labute approximate surface area is 114 Å². The summed E-state index contributed by atoms with van der Waals surface area (Å²) in [7, 11) is 0. The highest BCUT2D eigenvalue weighted by atomic mass is 15.4. The van der Waals surface area contributed by atoms with Crippen LogP contribution < -0.4 is 10.2 Å². The van der Waals surface area contributed by atoms with Crippen molar-refractivity contribution in [3.63, 3.8) is 0 Å². The van der Waals surface area contributed by atoms with E-state index in [-0.39, 0.29) is 0 Å². The summed E-state index contributed by atoms with van der Waals surface area (Å²) in [4.78, 5) is 9.70. The smallest absolute Gasteiger partial charge is 0.153 e. The summed E-state index contributed by atoms with van der Waals surface area (Å²) >= 11 is 0. The lowest BCUT2D eigenvalue weighted by molar-refractivity contribution is 0.190. The standard InChI is InChI=1S/C15H22N4/c1-10(2)18-5-6-19-14(9-18)17-13-7-12(11-3-4-11)8-16-15(13)19/h7-8,10-11,14,17H,3-6,9H2,1-2H3. The zero-order valence-electron chi connectivity index (χ0n) is 11.8. The van der Waals surface area contributed by atoms with Crippen LogP contribution in [0.1, 0.15) is 38.2 Å². The van der Waals surface area contributed by atoms with E-state index in [0.717, 1.165) is 31.4 Å². The van der Waals surface area contributed by atoms with E-state index in [1.165, 1.54) is 24.1 Å². The summed E-state index contributed by atoms with van der Waals surface area (Å²) in [6.45, 7) is 7.87. The maximum atomic E-state index is 4.72. The monoisotopic (exact) mass is 258 g/mol. The van der Waals surface area contributed by atoms with Crippen molar-refractivity contribution in [2.75, 3.05) is 29.9 Å². The Morgan fingerprint density at radius 3 is 2.89 bits per heavy atom. The fraction of sp³-hybridized carbons (Fsp3) is 0.667. The largest absolute Gasteiger partial charge is 0.361 e. The van der Waals surface area contributed by atoms with E-state index in [2.05, 4.69) is 41.2 Å². The molecule has 0 radical (unpaired) electrons. The van der Waals surface area contributed by atoms with Gasteiger partial charge in [0.2, 0.25) is 0 Å². The highest BCUT2D eigenvalue weighted by Crippen LogP contribution is 2.43. The van der Waals surface area contributed by atoms with E-state index < -0.39 is 0 Å². The Hall–Kier alpha value is -1.29. The lowest BCUT2D eigenvalue weighted by Gasteiger charge is -2.39. The molecule has 2 fully saturated rings. The average molecular weight is 258 g/mol. The van der Waals surface area contributed by atoms with Crippen LogP contribution in [-0.2, 0) is 0 Å². The Morgan fingerprint density at radius 2 is 2.16 bits per heavy atom. The second kappa shape index (κ2) is 4.10. The van der Waals surface area contributed by atoms with Crippen molar-refractivity contribution in [2.24, 2.45) is 0 Å². The first kappa shape index (κ1) is 11.5. The molecule has 0 bridgehead atoms. The number of hydrogen-bond donors (Lipinski definition) is 1. The normalized spacial score (nSPS) is 26.3. The number of nitrogens with zero attached hydrogens (tertiary/aromatic N) is 3. The predicted molar refractivity (Wildman–Crippen MR) is 77.7 cm³/mol. The van der Waals surface area contributed by atoms with Gasteiger partial charge >= 0.3 is 0 Å². The van der Waals surface area contributed by atoms with Gasteiger partial charge in [-0.15, -0.1) is 0 Å². The van der Waals surface area contributed by atoms with Crippen LogP contribution in [0.3, 0.4) is 0 Å². The molecular weight excluding hydrogens is 236 g/mol. The van der Waals surface area contributed by atoms with E-state index in [9.17, 15) is 0 Å². The van der Waals surface area contributed by atoms with Crippen LogP contribution in [0.25, 0.3) is 0 Å². The second-order valence-electron chi connectivity index (χ2n) is 6.36. The lowest BCUT2D eigenvalue weighted by Crippen LogP contribution is -2.55. The first-order valence-corrected chi connectivity index (χ1v) is 7.49. The highest BCUT2D eigenvalue weighted by Gasteiger charge is 2.36. The second-order valence-corrected chi connectivity index (χ2v) is 6.36. The van der Waals surface area contributed by atoms with Crippen molar-refractivity contribution in [3.05, 3.63) is 17.8 Å². The minimum atomic E-state index is 0.410. The summed E-state index contributed by atoms with van der Waals surface area (Å²) in [5.74, 6) is 1.95. The van der Waals surface area contributed by atoms with Crippen LogP contribution in [-0.4, -0.2) is 41.7 Å². The van der Waals surface area contributed by atoms with Gasteiger partial charge in [-0.25, -0.2) is 4.98 Å². The lowest BCUT2D eigenvalue weighted by atomic mass is 10.2. The van der Waals surface area contributed by atoms with Gasteiger partial charge < -0.3 is 10.2 Å². The average Bonchev–Trinajstić information content (AvgIpc) is 3.18. The fourth-order valence-electron chi connectivity index (χ4n) is 3.28. The summed E-state index contributed by atoms with van der Waals surface area (Å²) in [6, 6.07) is 2.96. The minimum Gasteiger partial charge on any atom is -0.361 e. The van der Waals surface area contributed by atoms with Crippen molar-refractivity contribution in [2.45, 2.75) is 44.8 Å². The van der Waals surface area contributed by atoms with Crippen LogP contribution >= 0.6 is 0 Å². The first-order valence-electron chi connectivity index (χ1n) is 7.49. The molecular formula is C15H22N4. The number of aromatic nitrogens is 1. The number of anilines is 2. The number of pyridine rings is 1. The van der Waals surface area contributed by atoms with Crippen molar-refractivity contribution in [1.82, 2.24) is 9.88 Å². The summed E-state index contributed by atoms with van der Waals surface area (Å²) in [5, 5.41) is 3.67. The van der Waals surface area contributed by atoms with Crippen LogP contribution in [0.15, 0.2) is 12.3 Å². The molecule has 0 amide bonds. The molecule has 1 saturated heterocycles. The molecule has 1 aliphatic carbocycles. The summed E-state index contributed by atoms with van der Waals surface area (Å²) in [5.41, 5.74) is 2.67. The molecule has 0 spiro atoms. The molecule has 1 unspecified atom stereocenters. The molecule has 4 rings (SSSR count). The van der Waals surface area contributed by atoms with Gasteiger partial charge in [-0.3, -0.25) is 4.90 Å². The van der Waals surface area contributed by atoms with Gasteiger partial charge in [0.1, 0.15) is 6.17 Å². The number of fused-ring (bicyclic) bond motifs is 3. The van der Waals surface area contributed by atoms with Crippen molar-refractivity contribution < 1.29 is 0 Å². The molecule has 1 aromatic heterocycles. The van der Waals surface area contributed by atoms with E-state index >= 15 is 0 Å². The van der Waals surface area contributed by atoms with Gasteiger partial charge in [-0.05, 0) is 44.2 Å². The maximum absolute atomic E-state index is 4.72. The van der Waals surface area contributed by atoms with Gasteiger partial charge in [0.15, 0.2) is 5.82 Å². The third-order valence-corrected chi connectivity index (χ3v) is 4.67. The maximum Gasteiger partial charge on any atom is 0.153 e. The Morgan fingerprint density at radius 1 is 1.32 bits per heavy atom. The molecule has 2 aliphatic heterocycles. The van der Waals surface area contributed by atoms with E-state index in [0.29, 0.717) is 12.2 Å². The molecule has 102 valence electrons. The van der Waals surface area contributed by atoms with E-state index in [1.807, 2.05) is 0 Å². The van der Waals surface area contributed by atoms with Crippen LogP contribution in [0.5, 0.6) is 0 Å². The first-order chi connectivity index (χ1) is 9.22. The SMILES string of the molecule is CC(C)N1CCN2c3ncc(C4CC4)cc3NC2C1. The molecule has 4 nitrogen and oxygen atoms in total. The zero-order valence-corrected chi connectivity index (χ0v) is 11.8. The molecule has 0 aromatic carbocycles. The van der Waals surface area contributed by atoms with Crippen LogP contribution in [0.2, 0.25) is 0 Å². The van der Waals surface area contributed by atoms with E-state index in [1.54, 1.807) is 0 Å². The number of piperazine rings is 1. The number of hydrogen-bond acceptors (Lipinski definition) is 4. The Kier molecular flexibility index (Phi) is 2.49. The fourth-order valence-corrected chi connectivity index (χ4v) is 3.28. The molecule has 19 heavy (non-hydrogen) atoms. The molecule has 4 heteroatoms.